The minimum atomic E-state index is -0.603. The summed E-state index contributed by atoms with van der Waals surface area (Å²) in [5.74, 6) is 0.758. The van der Waals surface area contributed by atoms with Crippen LogP contribution in [0, 0.1) is 0 Å². The van der Waals surface area contributed by atoms with Crippen molar-refractivity contribution in [2.45, 2.75) is 19.0 Å². The first-order valence-corrected chi connectivity index (χ1v) is 7.76. The Kier molecular flexibility index (Phi) is 4.72. The third kappa shape index (κ3) is 3.52. The van der Waals surface area contributed by atoms with E-state index in [0.29, 0.717) is 11.7 Å². The number of primary amides is 1. The molecule has 24 heavy (non-hydrogen) atoms. The number of hydrogen-bond acceptors (Lipinski definition) is 4. The summed E-state index contributed by atoms with van der Waals surface area (Å²) < 4.78 is 5.82. The maximum atomic E-state index is 11.8. The van der Waals surface area contributed by atoms with Crippen molar-refractivity contribution in [3.63, 3.8) is 0 Å². The normalized spacial score (nSPS) is 13.4. The van der Waals surface area contributed by atoms with Crippen LogP contribution in [-0.2, 0) is 4.79 Å². The van der Waals surface area contributed by atoms with Gasteiger partial charge in [0.25, 0.3) is 0 Å². The molecule has 0 radical (unpaired) electrons. The Morgan fingerprint density at radius 2 is 1.71 bits per heavy atom. The van der Waals surface area contributed by atoms with Gasteiger partial charge in [-0.3, -0.25) is 10.1 Å². The number of aromatic nitrogens is 1. The number of benzene rings is 2. The molecule has 3 rings (SSSR count). The Morgan fingerprint density at radius 3 is 2.33 bits per heavy atom. The first-order chi connectivity index (χ1) is 11.6. The van der Waals surface area contributed by atoms with E-state index in [0.717, 1.165) is 11.1 Å². The molecule has 5 nitrogen and oxygen atoms in total. The third-order valence-corrected chi connectivity index (χ3v) is 3.79. The van der Waals surface area contributed by atoms with E-state index >= 15 is 0 Å². The molecule has 0 fully saturated rings. The number of rotatable bonds is 6. The molecular formula is C19H19N3O2. The largest absolute Gasteiger partial charge is 0.439 e. The molecule has 5 heteroatoms. The molecular weight excluding hydrogens is 302 g/mol. The highest BCUT2D eigenvalue weighted by Gasteiger charge is 2.22. The second kappa shape index (κ2) is 7.10. The molecule has 0 saturated heterocycles. The van der Waals surface area contributed by atoms with E-state index in [1.165, 1.54) is 0 Å². The van der Waals surface area contributed by atoms with E-state index in [1.54, 1.807) is 6.20 Å². The van der Waals surface area contributed by atoms with Crippen molar-refractivity contribution in [1.29, 1.82) is 0 Å². The van der Waals surface area contributed by atoms with Crippen molar-refractivity contribution in [3.05, 3.63) is 78.3 Å². The fraction of sp³-hybridized carbons (Fsp3) is 0.158. The number of oxazole rings is 1. The Bertz CT molecular complexity index is 800. The minimum absolute atomic E-state index is 0.264. The highest BCUT2D eigenvalue weighted by molar-refractivity contribution is 5.81. The third-order valence-electron chi connectivity index (χ3n) is 3.79. The second-order valence-electron chi connectivity index (χ2n) is 5.56. The fourth-order valence-electron chi connectivity index (χ4n) is 2.53. The summed E-state index contributed by atoms with van der Waals surface area (Å²) >= 11 is 0. The van der Waals surface area contributed by atoms with Gasteiger partial charge in [-0.15, -0.1) is 0 Å². The summed E-state index contributed by atoms with van der Waals surface area (Å²) in [5.41, 5.74) is 7.31. The van der Waals surface area contributed by atoms with Crippen LogP contribution in [0.3, 0.4) is 0 Å². The van der Waals surface area contributed by atoms with Crippen LogP contribution in [0.5, 0.6) is 0 Å². The van der Waals surface area contributed by atoms with Gasteiger partial charge in [0.2, 0.25) is 11.8 Å². The lowest BCUT2D eigenvalue weighted by Crippen LogP contribution is -2.35. The molecule has 1 aromatic heterocycles. The number of nitrogens with two attached hydrogens (primary N) is 1. The topological polar surface area (TPSA) is 81.1 Å². The van der Waals surface area contributed by atoms with Crippen molar-refractivity contribution >= 4 is 5.91 Å². The molecule has 2 aromatic carbocycles. The van der Waals surface area contributed by atoms with Crippen molar-refractivity contribution in [3.8, 4) is 11.3 Å². The van der Waals surface area contributed by atoms with Gasteiger partial charge in [0, 0.05) is 5.56 Å². The number of nitrogens with zero attached hydrogens (tertiary/aromatic N) is 1. The predicted molar refractivity (Wildman–Crippen MR) is 91.9 cm³/mol. The number of amides is 1. The molecule has 0 aliphatic carbocycles. The molecule has 3 aromatic rings. The van der Waals surface area contributed by atoms with Crippen molar-refractivity contribution < 1.29 is 9.21 Å². The molecule has 0 bridgehead atoms. The summed E-state index contributed by atoms with van der Waals surface area (Å²) in [5, 5.41) is 3.18. The quantitative estimate of drug-likeness (QED) is 0.730. The van der Waals surface area contributed by atoms with Crippen LogP contribution in [0.25, 0.3) is 11.3 Å². The first kappa shape index (κ1) is 16.0. The minimum Gasteiger partial charge on any atom is -0.439 e. The van der Waals surface area contributed by atoms with Gasteiger partial charge in [-0.05, 0) is 12.5 Å². The maximum absolute atomic E-state index is 11.8. The summed E-state index contributed by atoms with van der Waals surface area (Å²) in [4.78, 5) is 16.1. The van der Waals surface area contributed by atoms with Gasteiger partial charge in [-0.25, -0.2) is 4.98 Å². The van der Waals surface area contributed by atoms with E-state index in [1.807, 2.05) is 67.6 Å². The molecule has 3 N–H and O–H groups in total. The van der Waals surface area contributed by atoms with Crippen LogP contribution in [0.2, 0.25) is 0 Å². The summed E-state index contributed by atoms with van der Waals surface area (Å²) in [7, 11) is 0. The fourth-order valence-corrected chi connectivity index (χ4v) is 2.53. The number of nitrogens with one attached hydrogen (secondary N) is 1. The average Bonchev–Trinajstić information content (AvgIpc) is 3.11. The van der Waals surface area contributed by atoms with Crippen LogP contribution >= 0.6 is 0 Å². The molecule has 2 atom stereocenters. The number of carbonyl (C=O) groups is 1. The lowest BCUT2D eigenvalue weighted by molar-refractivity contribution is -0.120. The van der Waals surface area contributed by atoms with E-state index in [-0.39, 0.29) is 6.04 Å². The average molecular weight is 321 g/mol. The van der Waals surface area contributed by atoms with E-state index < -0.39 is 11.9 Å². The summed E-state index contributed by atoms with van der Waals surface area (Å²) in [6.45, 7) is 1.89. The van der Waals surface area contributed by atoms with Gasteiger partial charge in [0.05, 0.1) is 12.2 Å². The van der Waals surface area contributed by atoms with Gasteiger partial charge in [-0.2, -0.15) is 0 Å². The van der Waals surface area contributed by atoms with Crippen LogP contribution in [0.1, 0.15) is 30.5 Å². The van der Waals surface area contributed by atoms with E-state index in [2.05, 4.69) is 10.3 Å². The predicted octanol–water partition coefficient (Wildman–Crippen LogP) is 3.22. The zero-order valence-electron chi connectivity index (χ0n) is 13.3. The molecule has 0 saturated carbocycles. The molecule has 1 amide bonds. The second-order valence-corrected chi connectivity index (χ2v) is 5.56. The monoisotopic (exact) mass is 321 g/mol. The molecule has 0 unspecified atom stereocenters. The zero-order chi connectivity index (χ0) is 16.9. The highest BCUT2D eigenvalue weighted by atomic mass is 16.4. The van der Waals surface area contributed by atoms with Gasteiger partial charge < -0.3 is 10.2 Å². The first-order valence-electron chi connectivity index (χ1n) is 7.76. The lowest BCUT2D eigenvalue weighted by atomic mass is 10.1. The van der Waals surface area contributed by atoms with Crippen LogP contribution in [0.15, 0.2) is 71.3 Å². The SMILES string of the molecule is C[C@@H](N[C@@H](C(N)=O)c1ccccc1)c1ncc(-c2ccccc2)o1. The maximum Gasteiger partial charge on any atom is 0.239 e. The Balaban J connectivity index is 1.78. The van der Waals surface area contributed by atoms with Gasteiger partial charge in [0.1, 0.15) is 6.04 Å². The van der Waals surface area contributed by atoms with Crippen LogP contribution in [0.4, 0.5) is 0 Å². The molecule has 1 heterocycles. The van der Waals surface area contributed by atoms with E-state index in [4.69, 9.17) is 10.2 Å². The summed E-state index contributed by atoms with van der Waals surface area (Å²) in [6, 6.07) is 18.2. The van der Waals surface area contributed by atoms with Crippen LogP contribution < -0.4 is 11.1 Å². The van der Waals surface area contributed by atoms with Crippen LogP contribution in [-0.4, -0.2) is 10.9 Å². The van der Waals surface area contributed by atoms with Crippen molar-refractivity contribution in [2.75, 3.05) is 0 Å². The van der Waals surface area contributed by atoms with Gasteiger partial charge in [0.15, 0.2) is 5.76 Å². The van der Waals surface area contributed by atoms with Crippen molar-refractivity contribution in [2.24, 2.45) is 5.73 Å². The number of hydrogen-bond donors (Lipinski definition) is 2. The van der Waals surface area contributed by atoms with E-state index in [9.17, 15) is 4.79 Å². The molecule has 0 aliphatic heterocycles. The molecule has 0 aliphatic rings. The van der Waals surface area contributed by atoms with Crippen molar-refractivity contribution in [1.82, 2.24) is 10.3 Å². The smallest absolute Gasteiger partial charge is 0.239 e. The Hall–Kier alpha value is -2.92. The Morgan fingerprint density at radius 1 is 1.08 bits per heavy atom. The molecule has 122 valence electrons. The zero-order valence-corrected chi connectivity index (χ0v) is 13.3. The standard InChI is InChI=1S/C19H19N3O2/c1-13(22-17(18(20)23)15-10-6-3-7-11-15)19-21-12-16(24-19)14-8-4-2-5-9-14/h2-13,17,22H,1H3,(H2,20,23)/t13-,17-/m1/s1. The molecule has 0 spiro atoms. The lowest BCUT2D eigenvalue weighted by Gasteiger charge is -2.19. The van der Waals surface area contributed by atoms with Gasteiger partial charge >= 0.3 is 0 Å². The van der Waals surface area contributed by atoms with Gasteiger partial charge in [-0.1, -0.05) is 60.7 Å². The summed E-state index contributed by atoms with van der Waals surface area (Å²) in [6.07, 6.45) is 1.69. The Labute approximate surface area is 140 Å². The number of carbonyl (C=O) groups excluding carboxylic acids is 1. The highest BCUT2D eigenvalue weighted by Crippen LogP contribution is 2.24.